The molecule has 0 saturated heterocycles. The first-order chi connectivity index (χ1) is 6.22. The van der Waals surface area contributed by atoms with Gasteiger partial charge < -0.3 is 5.32 Å². The first-order valence-corrected chi connectivity index (χ1v) is 5.95. The van der Waals surface area contributed by atoms with Crippen LogP contribution >= 0.6 is 11.8 Å². The Bertz CT molecular complexity index is 213. The zero-order chi connectivity index (χ0) is 9.68. The summed E-state index contributed by atoms with van der Waals surface area (Å²) in [6, 6.07) is 0.474. The van der Waals surface area contributed by atoms with E-state index in [1.54, 1.807) is 6.08 Å². The van der Waals surface area contributed by atoms with Crippen LogP contribution in [-0.2, 0) is 4.79 Å². The molecule has 1 aliphatic carbocycles. The molecule has 0 amide bonds. The lowest BCUT2D eigenvalue weighted by Crippen LogP contribution is -2.26. The lowest BCUT2D eigenvalue weighted by molar-refractivity contribution is -0.114. The summed E-state index contributed by atoms with van der Waals surface area (Å²) in [7, 11) is 0. The van der Waals surface area contributed by atoms with E-state index in [0.717, 1.165) is 23.6 Å². The van der Waals surface area contributed by atoms with E-state index in [1.807, 2.05) is 11.8 Å². The number of carbonyl (C=O) groups is 1. The Labute approximate surface area is 84.2 Å². The highest BCUT2D eigenvalue weighted by Crippen LogP contribution is 2.13. The highest BCUT2D eigenvalue weighted by molar-refractivity contribution is 7.99. The minimum atomic E-state index is 0.262. The number of allylic oxidation sites excluding steroid dienone is 2. The second kappa shape index (κ2) is 5.32. The number of thioether (sulfide) groups is 1. The van der Waals surface area contributed by atoms with E-state index in [4.69, 9.17) is 0 Å². The van der Waals surface area contributed by atoms with Crippen LogP contribution < -0.4 is 5.32 Å². The predicted molar refractivity (Wildman–Crippen MR) is 57.9 cm³/mol. The quantitative estimate of drug-likeness (QED) is 0.734. The van der Waals surface area contributed by atoms with Crippen LogP contribution in [0.5, 0.6) is 0 Å². The van der Waals surface area contributed by atoms with E-state index in [-0.39, 0.29) is 5.78 Å². The fraction of sp³-hybridized carbons (Fsp3) is 0.700. The van der Waals surface area contributed by atoms with Crippen LogP contribution in [0, 0.1) is 0 Å². The Morgan fingerprint density at radius 1 is 1.62 bits per heavy atom. The molecule has 0 aromatic heterocycles. The number of rotatable bonds is 5. The SMILES string of the molecule is CCSCC(C)NC1=CC(=O)CC1. The second-order valence-corrected chi connectivity index (χ2v) is 4.66. The van der Waals surface area contributed by atoms with Gasteiger partial charge in [0.2, 0.25) is 0 Å². The van der Waals surface area contributed by atoms with Gasteiger partial charge in [-0.1, -0.05) is 6.92 Å². The van der Waals surface area contributed by atoms with Crippen LogP contribution in [0.2, 0.25) is 0 Å². The van der Waals surface area contributed by atoms with Gasteiger partial charge in [0, 0.05) is 30.0 Å². The lowest BCUT2D eigenvalue weighted by atomic mass is 10.3. The van der Waals surface area contributed by atoms with E-state index < -0.39 is 0 Å². The summed E-state index contributed by atoms with van der Waals surface area (Å²) in [6.45, 7) is 4.32. The van der Waals surface area contributed by atoms with Gasteiger partial charge >= 0.3 is 0 Å². The van der Waals surface area contributed by atoms with Gasteiger partial charge in [-0.05, 0) is 19.1 Å². The van der Waals surface area contributed by atoms with Crippen molar-refractivity contribution in [3.05, 3.63) is 11.8 Å². The number of carbonyl (C=O) groups excluding carboxylic acids is 1. The molecule has 0 aromatic rings. The number of nitrogens with one attached hydrogen (secondary N) is 1. The van der Waals surface area contributed by atoms with E-state index in [1.165, 1.54) is 0 Å². The molecule has 1 N–H and O–H groups in total. The van der Waals surface area contributed by atoms with Crippen molar-refractivity contribution in [3.63, 3.8) is 0 Å². The molecule has 0 aromatic carbocycles. The van der Waals surface area contributed by atoms with E-state index in [9.17, 15) is 4.79 Å². The normalized spacial score (nSPS) is 18.6. The van der Waals surface area contributed by atoms with Crippen molar-refractivity contribution in [1.29, 1.82) is 0 Å². The summed E-state index contributed by atoms with van der Waals surface area (Å²) in [5.74, 6) is 2.53. The molecule has 3 heteroatoms. The highest BCUT2D eigenvalue weighted by Gasteiger charge is 2.13. The Kier molecular flexibility index (Phi) is 4.36. The molecular weight excluding hydrogens is 182 g/mol. The molecule has 74 valence electrons. The Morgan fingerprint density at radius 2 is 2.38 bits per heavy atom. The van der Waals surface area contributed by atoms with Crippen molar-refractivity contribution in [3.8, 4) is 0 Å². The molecular formula is C10H17NOS. The van der Waals surface area contributed by atoms with Gasteiger partial charge in [-0.25, -0.2) is 0 Å². The second-order valence-electron chi connectivity index (χ2n) is 3.34. The third kappa shape index (κ3) is 3.85. The number of hydrogen-bond acceptors (Lipinski definition) is 3. The third-order valence-electron chi connectivity index (χ3n) is 1.98. The van der Waals surface area contributed by atoms with Gasteiger partial charge in [-0.15, -0.1) is 0 Å². The van der Waals surface area contributed by atoms with Gasteiger partial charge in [0.25, 0.3) is 0 Å². The standard InChI is InChI=1S/C10H17NOS/c1-3-13-7-8(2)11-9-4-5-10(12)6-9/h6,8,11H,3-5,7H2,1-2H3. The monoisotopic (exact) mass is 199 g/mol. The summed E-state index contributed by atoms with van der Waals surface area (Å²) >= 11 is 1.93. The van der Waals surface area contributed by atoms with Crippen LogP contribution in [0.4, 0.5) is 0 Å². The molecule has 1 aliphatic rings. The number of hydrogen-bond donors (Lipinski definition) is 1. The van der Waals surface area contributed by atoms with Crippen LogP contribution in [0.1, 0.15) is 26.7 Å². The fourth-order valence-electron chi connectivity index (χ4n) is 1.36. The van der Waals surface area contributed by atoms with Crippen LogP contribution in [0.15, 0.2) is 11.8 Å². The summed E-state index contributed by atoms with van der Waals surface area (Å²) < 4.78 is 0. The molecule has 1 rings (SSSR count). The smallest absolute Gasteiger partial charge is 0.157 e. The van der Waals surface area contributed by atoms with E-state index >= 15 is 0 Å². The Morgan fingerprint density at radius 3 is 2.92 bits per heavy atom. The molecule has 0 radical (unpaired) electrons. The molecule has 0 bridgehead atoms. The fourth-order valence-corrected chi connectivity index (χ4v) is 2.04. The van der Waals surface area contributed by atoms with Crippen LogP contribution in [0.25, 0.3) is 0 Å². The zero-order valence-electron chi connectivity index (χ0n) is 8.30. The molecule has 0 aliphatic heterocycles. The minimum absolute atomic E-state index is 0.262. The maximum absolute atomic E-state index is 10.9. The van der Waals surface area contributed by atoms with E-state index in [0.29, 0.717) is 12.5 Å². The predicted octanol–water partition coefficient (Wildman–Crippen LogP) is 1.96. The van der Waals surface area contributed by atoms with Crippen LogP contribution in [0.3, 0.4) is 0 Å². The van der Waals surface area contributed by atoms with Gasteiger partial charge in [0.15, 0.2) is 5.78 Å². The summed E-state index contributed by atoms with van der Waals surface area (Å²) in [5.41, 5.74) is 1.12. The van der Waals surface area contributed by atoms with Crippen molar-refractivity contribution < 1.29 is 4.79 Å². The highest BCUT2D eigenvalue weighted by atomic mass is 32.2. The summed E-state index contributed by atoms with van der Waals surface area (Å²) in [4.78, 5) is 10.9. The van der Waals surface area contributed by atoms with Crippen molar-refractivity contribution in [2.75, 3.05) is 11.5 Å². The number of ketones is 1. The lowest BCUT2D eigenvalue weighted by Gasteiger charge is -2.14. The Balaban J connectivity index is 2.24. The summed E-state index contributed by atoms with van der Waals surface area (Å²) in [6.07, 6.45) is 3.34. The summed E-state index contributed by atoms with van der Waals surface area (Å²) in [5, 5.41) is 3.36. The Hall–Kier alpha value is -0.440. The van der Waals surface area contributed by atoms with Crippen molar-refractivity contribution in [2.45, 2.75) is 32.7 Å². The molecule has 0 fully saturated rings. The third-order valence-corrected chi connectivity index (χ3v) is 3.12. The zero-order valence-corrected chi connectivity index (χ0v) is 9.12. The molecule has 13 heavy (non-hydrogen) atoms. The van der Waals surface area contributed by atoms with Gasteiger partial charge in [0.1, 0.15) is 0 Å². The first-order valence-electron chi connectivity index (χ1n) is 4.80. The van der Waals surface area contributed by atoms with Gasteiger partial charge in [-0.3, -0.25) is 4.79 Å². The van der Waals surface area contributed by atoms with Gasteiger partial charge in [-0.2, -0.15) is 11.8 Å². The maximum Gasteiger partial charge on any atom is 0.157 e. The molecule has 1 unspecified atom stereocenters. The van der Waals surface area contributed by atoms with Crippen molar-refractivity contribution in [1.82, 2.24) is 5.32 Å². The average Bonchev–Trinajstić information content (AvgIpc) is 2.48. The first kappa shape index (κ1) is 10.6. The maximum atomic E-state index is 10.9. The van der Waals surface area contributed by atoms with E-state index in [2.05, 4.69) is 19.2 Å². The topological polar surface area (TPSA) is 29.1 Å². The van der Waals surface area contributed by atoms with Crippen molar-refractivity contribution >= 4 is 17.5 Å². The minimum Gasteiger partial charge on any atom is -0.385 e. The van der Waals surface area contributed by atoms with Gasteiger partial charge in [0.05, 0.1) is 0 Å². The molecule has 1 atom stereocenters. The molecule has 0 spiro atoms. The molecule has 0 saturated carbocycles. The largest absolute Gasteiger partial charge is 0.385 e. The van der Waals surface area contributed by atoms with Crippen LogP contribution in [-0.4, -0.2) is 23.3 Å². The van der Waals surface area contributed by atoms with Crippen molar-refractivity contribution in [2.24, 2.45) is 0 Å². The molecule has 0 heterocycles. The average molecular weight is 199 g/mol. The molecule has 2 nitrogen and oxygen atoms in total.